The van der Waals surface area contributed by atoms with Crippen LogP contribution in [0.1, 0.15) is 37.6 Å². The Morgan fingerprint density at radius 1 is 1.47 bits per heavy atom. The second-order valence-electron chi connectivity index (χ2n) is 4.26. The van der Waals surface area contributed by atoms with Gasteiger partial charge < -0.3 is 4.90 Å². The molecule has 1 amide bonds. The van der Waals surface area contributed by atoms with Gasteiger partial charge in [0.05, 0.1) is 10.6 Å². The summed E-state index contributed by atoms with van der Waals surface area (Å²) in [6, 6.07) is 5.38. The van der Waals surface area contributed by atoms with E-state index >= 15 is 0 Å². The summed E-state index contributed by atoms with van der Waals surface area (Å²) >= 11 is 10.3. The van der Waals surface area contributed by atoms with Crippen LogP contribution in [0, 0.1) is 0 Å². The maximum atomic E-state index is 12.4. The van der Waals surface area contributed by atoms with Gasteiger partial charge in [-0.1, -0.05) is 18.5 Å². The molecular formula is C13H18ClNOS. The summed E-state index contributed by atoms with van der Waals surface area (Å²) in [6.45, 7) is 6.81. The molecule has 0 bridgehead atoms. The van der Waals surface area contributed by atoms with Gasteiger partial charge in [0.2, 0.25) is 0 Å². The van der Waals surface area contributed by atoms with Gasteiger partial charge in [0.25, 0.3) is 5.91 Å². The van der Waals surface area contributed by atoms with E-state index in [1.54, 1.807) is 18.2 Å². The van der Waals surface area contributed by atoms with Gasteiger partial charge in [-0.05, 0) is 38.5 Å². The van der Waals surface area contributed by atoms with E-state index in [2.05, 4.69) is 19.6 Å². The van der Waals surface area contributed by atoms with E-state index in [0.29, 0.717) is 10.6 Å². The summed E-state index contributed by atoms with van der Waals surface area (Å²) in [5.74, 6) is -0.0252. The van der Waals surface area contributed by atoms with Crippen LogP contribution in [0.15, 0.2) is 23.1 Å². The molecule has 2 nitrogen and oxygen atoms in total. The van der Waals surface area contributed by atoms with E-state index in [1.165, 1.54) is 0 Å². The predicted octanol–water partition coefficient (Wildman–Crippen LogP) is 3.89. The quantitative estimate of drug-likeness (QED) is 0.824. The van der Waals surface area contributed by atoms with Crippen molar-refractivity contribution in [3.63, 3.8) is 0 Å². The zero-order chi connectivity index (χ0) is 13.0. The van der Waals surface area contributed by atoms with Crippen molar-refractivity contribution in [2.45, 2.75) is 38.1 Å². The standard InChI is InChI=1S/C13H18ClNOS/c1-4-7-15(9(2)3)13(16)11-8-10(17)5-6-12(11)14/h5-6,8-9,17H,4,7H2,1-3H3. The van der Waals surface area contributed by atoms with Crippen LogP contribution in [0.25, 0.3) is 0 Å². The first kappa shape index (κ1) is 14.4. The predicted molar refractivity (Wildman–Crippen MR) is 75.2 cm³/mol. The number of amides is 1. The Morgan fingerprint density at radius 2 is 2.12 bits per heavy atom. The lowest BCUT2D eigenvalue weighted by Crippen LogP contribution is -2.37. The van der Waals surface area contributed by atoms with Crippen molar-refractivity contribution < 1.29 is 4.79 Å². The minimum absolute atomic E-state index is 0.0252. The van der Waals surface area contributed by atoms with Gasteiger partial charge in [-0.2, -0.15) is 0 Å². The average molecular weight is 272 g/mol. The van der Waals surface area contributed by atoms with Crippen LogP contribution in [0.3, 0.4) is 0 Å². The Hall–Kier alpha value is -0.670. The molecule has 0 fully saturated rings. The fraction of sp³-hybridized carbons (Fsp3) is 0.462. The zero-order valence-electron chi connectivity index (χ0n) is 10.4. The average Bonchev–Trinajstić information content (AvgIpc) is 2.28. The second-order valence-corrected chi connectivity index (χ2v) is 5.18. The molecule has 0 saturated carbocycles. The highest BCUT2D eigenvalue weighted by Gasteiger charge is 2.20. The number of rotatable bonds is 4. The largest absolute Gasteiger partial charge is 0.336 e. The zero-order valence-corrected chi connectivity index (χ0v) is 12.1. The van der Waals surface area contributed by atoms with Gasteiger partial charge in [0, 0.05) is 17.5 Å². The summed E-state index contributed by atoms with van der Waals surface area (Å²) in [7, 11) is 0. The fourth-order valence-corrected chi connectivity index (χ4v) is 2.07. The topological polar surface area (TPSA) is 20.3 Å². The molecular weight excluding hydrogens is 254 g/mol. The van der Waals surface area contributed by atoms with Crippen LogP contribution in [0.5, 0.6) is 0 Å². The number of halogens is 1. The Balaban J connectivity index is 3.04. The third-order valence-electron chi connectivity index (χ3n) is 2.53. The summed E-state index contributed by atoms with van der Waals surface area (Å²) in [6.07, 6.45) is 0.933. The van der Waals surface area contributed by atoms with E-state index in [4.69, 9.17) is 11.6 Å². The van der Waals surface area contributed by atoms with Crippen LogP contribution in [-0.2, 0) is 0 Å². The third kappa shape index (κ3) is 3.65. The normalized spacial score (nSPS) is 10.7. The number of hydrogen-bond donors (Lipinski definition) is 1. The van der Waals surface area contributed by atoms with Crippen molar-refractivity contribution >= 4 is 30.1 Å². The van der Waals surface area contributed by atoms with E-state index in [-0.39, 0.29) is 11.9 Å². The Bertz CT molecular complexity index is 406. The van der Waals surface area contributed by atoms with E-state index in [1.807, 2.05) is 18.7 Å². The summed E-state index contributed by atoms with van der Waals surface area (Å²) < 4.78 is 0. The molecule has 0 aliphatic rings. The molecule has 0 heterocycles. The number of carbonyl (C=O) groups excluding carboxylic acids is 1. The monoisotopic (exact) mass is 271 g/mol. The number of nitrogens with zero attached hydrogens (tertiary/aromatic N) is 1. The van der Waals surface area contributed by atoms with Crippen LogP contribution in [0.4, 0.5) is 0 Å². The first-order chi connectivity index (χ1) is 7.97. The smallest absolute Gasteiger partial charge is 0.255 e. The Morgan fingerprint density at radius 3 is 2.65 bits per heavy atom. The fourth-order valence-electron chi connectivity index (χ4n) is 1.67. The lowest BCUT2D eigenvalue weighted by Gasteiger charge is -2.26. The number of carbonyl (C=O) groups is 1. The van der Waals surface area contributed by atoms with Crippen molar-refractivity contribution in [1.82, 2.24) is 4.90 Å². The Labute approximate surface area is 113 Å². The van der Waals surface area contributed by atoms with Crippen molar-refractivity contribution in [3.05, 3.63) is 28.8 Å². The second kappa shape index (κ2) is 6.31. The number of hydrogen-bond acceptors (Lipinski definition) is 2. The van der Waals surface area contributed by atoms with Crippen molar-refractivity contribution in [2.75, 3.05) is 6.54 Å². The van der Waals surface area contributed by atoms with Crippen molar-refractivity contribution in [3.8, 4) is 0 Å². The summed E-state index contributed by atoms with van der Waals surface area (Å²) in [5, 5.41) is 0.481. The van der Waals surface area contributed by atoms with Gasteiger partial charge in [-0.3, -0.25) is 4.79 Å². The molecule has 1 rings (SSSR count). The van der Waals surface area contributed by atoms with Crippen molar-refractivity contribution in [2.24, 2.45) is 0 Å². The summed E-state index contributed by atoms with van der Waals surface area (Å²) in [5.41, 5.74) is 0.529. The minimum atomic E-state index is -0.0252. The molecule has 0 radical (unpaired) electrons. The molecule has 0 N–H and O–H groups in total. The molecule has 4 heteroatoms. The molecule has 17 heavy (non-hydrogen) atoms. The first-order valence-corrected chi connectivity index (χ1v) is 6.59. The van der Waals surface area contributed by atoms with Gasteiger partial charge in [0.1, 0.15) is 0 Å². The molecule has 0 aliphatic carbocycles. The van der Waals surface area contributed by atoms with Gasteiger partial charge in [-0.15, -0.1) is 12.6 Å². The lowest BCUT2D eigenvalue weighted by molar-refractivity contribution is 0.0706. The van der Waals surface area contributed by atoms with Gasteiger partial charge in [0.15, 0.2) is 0 Å². The van der Waals surface area contributed by atoms with Crippen LogP contribution >= 0.6 is 24.2 Å². The summed E-state index contributed by atoms with van der Waals surface area (Å²) in [4.78, 5) is 14.9. The molecule has 1 aromatic carbocycles. The number of benzene rings is 1. The maximum absolute atomic E-state index is 12.4. The maximum Gasteiger partial charge on any atom is 0.255 e. The highest BCUT2D eigenvalue weighted by Crippen LogP contribution is 2.22. The van der Waals surface area contributed by atoms with E-state index < -0.39 is 0 Å². The first-order valence-electron chi connectivity index (χ1n) is 5.76. The molecule has 0 unspecified atom stereocenters. The van der Waals surface area contributed by atoms with Crippen LogP contribution in [0.2, 0.25) is 5.02 Å². The lowest BCUT2D eigenvalue weighted by atomic mass is 10.1. The molecule has 0 atom stereocenters. The third-order valence-corrected chi connectivity index (χ3v) is 3.14. The molecule has 0 spiro atoms. The highest BCUT2D eigenvalue weighted by molar-refractivity contribution is 7.80. The van der Waals surface area contributed by atoms with Crippen molar-refractivity contribution in [1.29, 1.82) is 0 Å². The Kier molecular flexibility index (Phi) is 5.34. The molecule has 94 valence electrons. The van der Waals surface area contributed by atoms with Crippen LogP contribution < -0.4 is 0 Å². The highest BCUT2D eigenvalue weighted by atomic mass is 35.5. The number of thiol groups is 1. The van der Waals surface area contributed by atoms with E-state index in [9.17, 15) is 4.79 Å². The molecule has 0 aromatic heterocycles. The van der Waals surface area contributed by atoms with Gasteiger partial charge >= 0.3 is 0 Å². The minimum Gasteiger partial charge on any atom is -0.336 e. The molecule has 0 aliphatic heterocycles. The SMILES string of the molecule is CCCN(C(=O)c1cc(S)ccc1Cl)C(C)C. The van der Waals surface area contributed by atoms with E-state index in [0.717, 1.165) is 17.9 Å². The molecule has 1 aromatic rings. The molecule has 0 saturated heterocycles. The van der Waals surface area contributed by atoms with Crippen LogP contribution in [-0.4, -0.2) is 23.4 Å². The van der Waals surface area contributed by atoms with Gasteiger partial charge in [-0.25, -0.2) is 0 Å².